The smallest absolute Gasteiger partial charge is 0.271 e. The molecule has 0 aliphatic carbocycles. The Morgan fingerprint density at radius 1 is 1.28 bits per heavy atom. The fraction of sp³-hybridized carbons (Fsp3) is 0.238. The maximum Gasteiger partial charge on any atom is 0.271 e. The zero-order valence-electron chi connectivity index (χ0n) is 17.1. The molecule has 0 unspecified atom stereocenters. The van der Waals surface area contributed by atoms with Crippen molar-refractivity contribution in [3.8, 4) is 18.1 Å². The highest BCUT2D eigenvalue weighted by Gasteiger charge is 2.16. The van der Waals surface area contributed by atoms with E-state index in [1.165, 1.54) is 42.7 Å². The van der Waals surface area contributed by atoms with E-state index in [1.807, 2.05) is 0 Å². The van der Waals surface area contributed by atoms with Crippen molar-refractivity contribution in [2.75, 3.05) is 12.9 Å². The van der Waals surface area contributed by atoms with E-state index in [4.69, 9.17) is 11.2 Å². The van der Waals surface area contributed by atoms with Gasteiger partial charge in [0.1, 0.15) is 5.75 Å². The van der Waals surface area contributed by atoms with Crippen molar-refractivity contribution in [1.29, 1.82) is 0 Å². The van der Waals surface area contributed by atoms with E-state index in [0.717, 1.165) is 0 Å². The van der Waals surface area contributed by atoms with Crippen molar-refractivity contribution in [2.45, 2.75) is 24.3 Å². The Kier molecular flexibility index (Phi) is 7.07. The quantitative estimate of drug-likeness (QED) is 0.282. The van der Waals surface area contributed by atoms with Gasteiger partial charge in [-0.3, -0.25) is 14.9 Å². The van der Waals surface area contributed by atoms with E-state index >= 15 is 0 Å². The lowest BCUT2D eigenvalue weighted by molar-refractivity contribution is -0.384. The molecule has 32 heavy (non-hydrogen) atoms. The first-order valence-corrected chi connectivity index (χ1v) is 11.9. The van der Waals surface area contributed by atoms with E-state index in [1.54, 1.807) is 22.8 Å². The first kappa shape index (κ1) is 23.2. The molecule has 0 saturated carbocycles. The first-order chi connectivity index (χ1) is 15.2. The maximum atomic E-state index is 12.5. The number of aromatic nitrogens is 1. The topological polar surface area (TPSA) is 121 Å². The van der Waals surface area contributed by atoms with Crippen LogP contribution >= 0.6 is 11.3 Å². The number of carbonyl (C=O) groups excluding carboxylic acids is 1. The van der Waals surface area contributed by atoms with Crippen molar-refractivity contribution in [1.82, 2.24) is 4.57 Å². The normalized spacial score (nSPS) is 11.9. The summed E-state index contributed by atoms with van der Waals surface area (Å²) in [6.07, 6.45) is 5.44. The van der Waals surface area contributed by atoms with Gasteiger partial charge in [0.15, 0.2) is 14.6 Å². The Balaban J connectivity index is 1.77. The van der Waals surface area contributed by atoms with Crippen LogP contribution in [0.15, 0.2) is 52.4 Å². The van der Waals surface area contributed by atoms with Gasteiger partial charge in [0, 0.05) is 18.6 Å². The van der Waals surface area contributed by atoms with Crippen LogP contribution in [0.4, 0.5) is 5.69 Å². The lowest BCUT2D eigenvalue weighted by atomic mass is 10.3. The molecule has 0 fully saturated rings. The van der Waals surface area contributed by atoms with Gasteiger partial charge >= 0.3 is 0 Å². The van der Waals surface area contributed by atoms with Gasteiger partial charge in [-0.25, -0.2) is 8.42 Å². The summed E-state index contributed by atoms with van der Waals surface area (Å²) in [6, 6.07) is 10.4. The number of sulfone groups is 1. The molecular weight excluding hydrogens is 454 g/mol. The summed E-state index contributed by atoms with van der Waals surface area (Å²) in [7, 11) is -2.06. The molecule has 0 aliphatic rings. The molecule has 1 amide bonds. The van der Waals surface area contributed by atoms with Crippen molar-refractivity contribution in [2.24, 2.45) is 4.99 Å². The molecule has 2 aromatic carbocycles. The Bertz CT molecular complexity index is 1380. The predicted molar refractivity (Wildman–Crippen MR) is 120 cm³/mol. The van der Waals surface area contributed by atoms with Crippen LogP contribution in [0, 0.1) is 22.5 Å². The maximum absolute atomic E-state index is 12.5. The standard InChI is InChI=1S/C21H19N3O6S2/c1-3-12-23-18-14-15(24(26)27)6-11-19(18)31-21(23)22-20(25)5-4-13-32(28,29)17-9-7-16(30-2)8-10-17/h1,6-11,14H,4-5,12-13H2,2H3. The number of hydrogen-bond donors (Lipinski definition) is 0. The van der Waals surface area contributed by atoms with Crippen molar-refractivity contribution in [3.63, 3.8) is 0 Å². The molecule has 9 nitrogen and oxygen atoms in total. The zero-order valence-corrected chi connectivity index (χ0v) is 18.7. The summed E-state index contributed by atoms with van der Waals surface area (Å²) in [5.74, 6) is 2.30. The summed E-state index contributed by atoms with van der Waals surface area (Å²) in [4.78, 5) is 27.5. The largest absolute Gasteiger partial charge is 0.497 e. The van der Waals surface area contributed by atoms with Gasteiger partial charge in [0.25, 0.3) is 5.69 Å². The number of carbonyl (C=O) groups is 1. The number of terminal acetylenes is 1. The number of benzene rings is 2. The second-order valence-corrected chi connectivity index (χ2v) is 9.81. The summed E-state index contributed by atoms with van der Waals surface area (Å²) in [5, 5.41) is 11.1. The second kappa shape index (κ2) is 9.76. The lowest BCUT2D eigenvalue weighted by Gasteiger charge is -2.05. The molecule has 0 bridgehead atoms. The number of amides is 1. The highest BCUT2D eigenvalue weighted by molar-refractivity contribution is 7.91. The number of rotatable bonds is 8. The van der Waals surface area contributed by atoms with Crippen LogP contribution in [-0.4, -0.2) is 36.7 Å². The Labute approximate surface area is 188 Å². The van der Waals surface area contributed by atoms with E-state index in [9.17, 15) is 23.3 Å². The van der Waals surface area contributed by atoms with Crippen molar-refractivity contribution in [3.05, 3.63) is 57.4 Å². The average molecular weight is 474 g/mol. The van der Waals surface area contributed by atoms with Crippen molar-refractivity contribution >= 4 is 43.0 Å². The van der Waals surface area contributed by atoms with E-state index in [-0.39, 0.29) is 35.7 Å². The number of nitrogens with zero attached hydrogens (tertiary/aromatic N) is 3. The van der Waals surface area contributed by atoms with Gasteiger partial charge in [-0.1, -0.05) is 17.3 Å². The molecular formula is C21H19N3O6S2. The Hall–Kier alpha value is -3.49. The van der Waals surface area contributed by atoms with E-state index < -0.39 is 20.7 Å². The predicted octanol–water partition coefficient (Wildman–Crippen LogP) is 2.93. The minimum atomic E-state index is -3.55. The van der Waals surface area contributed by atoms with Crippen LogP contribution in [0.3, 0.4) is 0 Å². The summed E-state index contributed by atoms with van der Waals surface area (Å²) in [5.41, 5.74) is 0.415. The summed E-state index contributed by atoms with van der Waals surface area (Å²) < 4.78 is 32.2. The van der Waals surface area contributed by atoms with Gasteiger partial charge in [0.05, 0.1) is 39.4 Å². The number of non-ortho nitro benzene ring substituents is 1. The van der Waals surface area contributed by atoms with Crippen LogP contribution in [0.2, 0.25) is 0 Å². The molecule has 1 heterocycles. The second-order valence-electron chi connectivity index (χ2n) is 6.69. The molecule has 3 aromatic rings. The fourth-order valence-electron chi connectivity index (χ4n) is 2.98. The molecule has 166 valence electrons. The molecule has 0 spiro atoms. The van der Waals surface area contributed by atoms with Crippen LogP contribution in [0.5, 0.6) is 5.75 Å². The minimum absolute atomic E-state index is 0.0696. The molecule has 0 radical (unpaired) electrons. The van der Waals surface area contributed by atoms with Gasteiger partial charge in [0.2, 0.25) is 5.91 Å². The molecule has 0 N–H and O–H groups in total. The Morgan fingerprint density at radius 2 is 2.00 bits per heavy atom. The molecule has 1 aromatic heterocycles. The fourth-order valence-corrected chi connectivity index (χ4v) is 5.32. The number of nitro benzene ring substituents is 1. The Morgan fingerprint density at radius 3 is 2.62 bits per heavy atom. The average Bonchev–Trinajstić information content (AvgIpc) is 3.10. The highest BCUT2D eigenvalue weighted by atomic mass is 32.2. The van der Waals surface area contributed by atoms with Crippen LogP contribution < -0.4 is 9.54 Å². The van der Waals surface area contributed by atoms with Gasteiger partial charge in [-0.05, 0) is 36.8 Å². The van der Waals surface area contributed by atoms with E-state index in [0.29, 0.717) is 20.8 Å². The van der Waals surface area contributed by atoms with Crippen LogP contribution in [0.1, 0.15) is 12.8 Å². The van der Waals surface area contributed by atoms with Gasteiger partial charge in [-0.15, -0.1) is 6.42 Å². The molecule has 0 aliphatic heterocycles. The summed E-state index contributed by atoms with van der Waals surface area (Å²) >= 11 is 1.18. The third-order valence-corrected chi connectivity index (χ3v) is 7.44. The minimum Gasteiger partial charge on any atom is -0.497 e. The first-order valence-electron chi connectivity index (χ1n) is 9.41. The number of fused-ring (bicyclic) bond motifs is 1. The lowest BCUT2D eigenvalue weighted by Crippen LogP contribution is -2.17. The highest BCUT2D eigenvalue weighted by Crippen LogP contribution is 2.23. The number of hydrogen-bond acceptors (Lipinski definition) is 7. The molecule has 3 rings (SSSR count). The van der Waals surface area contributed by atoms with Gasteiger partial charge < -0.3 is 9.30 Å². The molecule has 0 saturated heterocycles. The van der Waals surface area contributed by atoms with Crippen LogP contribution in [0.25, 0.3) is 10.2 Å². The molecule has 11 heteroatoms. The van der Waals surface area contributed by atoms with Crippen molar-refractivity contribution < 1.29 is 22.9 Å². The third kappa shape index (κ3) is 5.22. The number of ether oxygens (including phenoxy) is 1. The monoisotopic (exact) mass is 473 g/mol. The zero-order chi connectivity index (χ0) is 23.3. The SMILES string of the molecule is C#CCn1c(=NC(=O)CCCS(=O)(=O)c2ccc(OC)cc2)sc2ccc([N+](=O)[O-])cc21. The third-order valence-electron chi connectivity index (χ3n) is 4.57. The number of nitro groups is 1. The van der Waals surface area contributed by atoms with E-state index in [2.05, 4.69) is 10.9 Å². The van der Waals surface area contributed by atoms with Crippen LogP contribution in [-0.2, 0) is 21.2 Å². The number of thiazole rings is 1. The summed E-state index contributed by atoms with van der Waals surface area (Å²) in [6.45, 7) is 0.0825. The number of methoxy groups -OCH3 is 1. The van der Waals surface area contributed by atoms with Gasteiger partial charge in [-0.2, -0.15) is 4.99 Å². The molecule has 0 atom stereocenters.